The molecule has 0 fully saturated rings. The summed E-state index contributed by atoms with van der Waals surface area (Å²) < 4.78 is 16.1. The number of rotatable bonds is 5. The number of hydrogen-bond donors (Lipinski definition) is 0. The van der Waals surface area contributed by atoms with E-state index >= 15 is 0 Å². The molecular formula is C16H12N4O3. The van der Waals surface area contributed by atoms with Crippen LogP contribution in [0.4, 0.5) is 0 Å². The molecule has 0 aliphatic rings. The average molecular weight is 308 g/mol. The summed E-state index contributed by atoms with van der Waals surface area (Å²) in [7, 11) is 0. The predicted molar refractivity (Wildman–Crippen MR) is 78.8 cm³/mol. The second-order valence-electron chi connectivity index (χ2n) is 4.57. The van der Waals surface area contributed by atoms with Crippen molar-refractivity contribution in [2.45, 2.75) is 13.5 Å². The van der Waals surface area contributed by atoms with E-state index in [2.05, 4.69) is 15.1 Å². The Morgan fingerprint density at radius 3 is 2.65 bits per heavy atom. The second kappa shape index (κ2) is 6.58. The van der Waals surface area contributed by atoms with Gasteiger partial charge in [0.25, 0.3) is 5.89 Å². The Bertz CT molecular complexity index is 837. The zero-order valence-electron chi connectivity index (χ0n) is 12.3. The summed E-state index contributed by atoms with van der Waals surface area (Å²) in [6.45, 7) is 1.94. The number of pyridine rings is 1. The Morgan fingerprint density at radius 2 is 1.96 bits per heavy atom. The molecule has 0 bridgehead atoms. The number of nitrogens with zero attached hydrogens (tertiary/aromatic N) is 4. The first-order valence-electron chi connectivity index (χ1n) is 6.79. The van der Waals surface area contributed by atoms with Gasteiger partial charge in [-0.1, -0.05) is 5.16 Å². The highest BCUT2D eigenvalue weighted by Gasteiger charge is 2.06. The van der Waals surface area contributed by atoms with Crippen molar-refractivity contribution in [3.05, 3.63) is 59.9 Å². The van der Waals surface area contributed by atoms with Gasteiger partial charge in [0, 0.05) is 6.20 Å². The highest BCUT2D eigenvalue weighted by Crippen LogP contribution is 2.24. The average Bonchev–Trinajstić information content (AvgIpc) is 3.00. The lowest BCUT2D eigenvalue weighted by molar-refractivity contribution is 0.242. The summed E-state index contributed by atoms with van der Waals surface area (Å²) in [5.74, 6) is 2.44. The Hall–Kier alpha value is -3.40. The van der Waals surface area contributed by atoms with E-state index in [0.29, 0.717) is 28.8 Å². The van der Waals surface area contributed by atoms with E-state index < -0.39 is 0 Å². The van der Waals surface area contributed by atoms with Gasteiger partial charge >= 0.3 is 0 Å². The van der Waals surface area contributed by atoms with Crippen molar-refractivity contribution in [1.29, 1.82) is 5.26 Å². The summed E-state index contributed by atoms with van der Waals surface area (Å²) in [6.07, 6.45) is 1.57. The monoisotopic (exact) mass is 308 g/mol. The minimum Gasteiger partial charge on any atom is -0.484 e. The SMILES string of the molecule is Cc1noc(COc2ccc(Oc3ncccc3C#N)cc2)n1. The largest absolute Gasteiger partial charge is 0.484 e. The third kappa shape index (κ3) is 3.63. The second-order valence-corrected chi connectivity index (χ2v) is 4.57. The molecule has 7 heteroatoms. The van der Waals surface area contributed by atoms with Crippen LogP contribution in [0, 0.1) is 18.3 Å². The third-order valence-corrected chi connectivity index (χ3v) is 2.86. The number of ether oxygens (including phenoxy) is 2. The Morgan fingerprint density at radius 1 is 1.17 bits per heavy atom. The molecule has 0 saturated heterocycles. The first kappa shape index (κ1) is 14.5. The summed E-state index contributed by atoms with van der Waals surface area (Å²) >= 11 is 0. The predicted octanol–water partition coefficient (Wildman–Crippen LogP) is 3.02. The van der Waals surface area contributed by atoms with E-state index in [0.717, 1.165) is 0 Å². The molecule has 3 aromatic rings. The van der Waals surface area contributed by atoms with E-state index in [1.165, 1.54) is 0 Å². The number of aryl methyl sites for hydroxylation is 1. The van der Waals surface area contributed by atoms with E-state index in [1.807, 2.05) is 6.07 Å². The Labute approximate surface area is 132 Å². The summed E-state index contributed by atoms with van der Waals surface area (Å²) in [5, 5.41) is 12.7. The van der Waals surface area contributed by atoms with Crippen molar-refractivity contribution >= 4 is 0 Å². The zero-order chi connectivity index (χ0) is 16.1. The van der Waals surface area contributed by atoms with Gasteiger partial charge in [-0.05, 0) is 43.3 Å². The van der Waals surface area contributed by atoms with Crippen LogP contribution in [0.25, 0.3) is 0 Å². The van der Waals surface area contributed by atoms with Crippen LogP contribution in [-0.2, 0) is 6.61 Å². The van der Waals surface area contributed by atoms with Gasteiger partial charge in [-0.3, -0.25) is 0 Å². The van der Waals surface area contributed by atoms with Crippen molar-refractivity contribution in [1.82, 2.24) is 15.1 Å². The minimum absolute atomic E-state index is 0.194. The van der Waals surface area contributed by atoms with E-state index in [-0.39, 0.29) is 12.5 Å². The van der Waals surface area contributed by atoms with Gasteiger partial charge in [0.05, 0.1) is 0 Å². The molecule has 0 unspecified atom stereocenters. The van der Waals surface area contributed by atoms with Crippen molar-refractivity contribution in [2.24, 2.45) is 0 Å². The molecule has 0 amide bonds. The number of hydrogen-bond acceptors (Lipinski definition) is 7. The summed E-state index contributed by atoms with van der Waals surface area (Å²) in [6, 6.07) is 12.3. The fourth-order valence-electron chi connectivity index (χ4n) is 1.82. The van der Waals surface area contributed by atoms with Gasteiger partial charge in [-0.25, -0.2) is 4.98 Å². The molecular weight excluding hydrogens is 296 g/mol. The zero-order valence-corrected chi connectivity index (χ0v) is 12.3. The smallest absolute Gasteiger partial charge is 0.264 e. The minimum atomic E-state index is 0.194. The lowest BCUT2D eigenvalue weighted by Crippen LogP contribution is -1.96. The highest BCUT2D eigenvalue weighted by atomic mass is 16.5. The van der Waals surface area contributed by atoms with Crippen LogP contribution in [0.15, 0.2) is 47.1 Å². The first-order chi connectivity index (χ1) is 11.2. The van der Waals surface area contributed by atoms with Crippen molar-refractivity contribution in [3.63, 3.8) is 0 Å². The standard InChI is InChI=1S/C16H12N4O3/c1-11-19-15(23-20-11)10-21-13-4-6-14(7-5-13)22-16-12(9-17)3-2-8-18-16/h2-8H,10H2,1H3. The quantitative estimate of drug-likeness (QED) is 0.715. The normalized spacial score (nSPS) is 10.1. The first-order valence-corrected chi connectivity index (χ1v) is 6.79. The van der Waals surface area contributed by atoms with Crippen LogP contribution in [-0.4, -0.2) is 15.1 Å². The van der Waals surface area contributed by atoms with Gasteiger partial charge < -0.3 is 14.0 Å². The fraction of sp³-hybridized carbons (Fsp3) is 0.125. The molecule has 23 heavy (non-hydrogen) atoms. The summed E-state index contributed by atoms with van der Waals surface area (Å²) in [5.41, 5.74) is 0.375. The molecule has 0 radical (unpaired) electrons. The molecule has 2 aromatic heterocycles. The van der Waals surface area contributed by atoms with E-state index in [1.54, 1.807) is 49.5 Å². The lowest BCUT2D eigenvalue weighted by Gasteiger charge is -2.07. The maximum Gasteiger partial charge on any atom is 0.264 e. The van der Waals surface area contributed by atoms with Gasteiger partial charge in [0.2, 0.25) is 5.88 Å². The Kier molecular flexibility index (Phi) is 4.16. The van der Waals surface area contributed by atoms with Crippen LogP contribution in [0.1, 0.15) is 17.3 Å². The number of benzene rings is 1. The molecule has 114 valence electrons. The van der Waals surface area contributed by atoms with Crippen molar-refractivity contribution < 1.29 is 14.0 Å². The van der Waals surface area contributed by atoms with Crippen LogP contribution in [0.2, 0.25) is 0 Å². The topological polar surface area (TPSA) is 94.1 Å². The third-order valence-electron chi connectivity index (χ3n) is 2.86. The van der Waals surface area contributed by atoms with Gasteiger partial charge in [-0.15, -0.1) is 0 Å². The maximum atomic E-state index is 9.01. The van der Waals surface area contributed by atoms with Crippen LogP contribution in [0.3, 0.4) is 0 Å². The Balaban J connectivity index is 1.64. The molecule has 3 rings (SSSR count). The number of aromatic nitrogens is 3. The molecule has 0 saturated carbocycles. The van der Waals surface area contributed by atoms with Gasteiger partial charge in [0.15, 0.2) is 12.4 Å². The number of nitriles is 1. The molecule has 7 nitrogen and oxygen atoms in total. The molecule has 0 N–H and O–H groups in total. The maximum absolute atomic E-state index is 9.01. The molecule has 0 atom stereocenters. The molecule has 0 aliphatic heterocycles. The lowest BCUT2D eigenvalue weighted by atomic mass is 10.3. The van der Waals surface area contributed by atoms with E-state index in [9.17, 15) is 0 Å². The van der Waals surface area contributed by atoms with Crippen LogP contribution in [0.5, 0.6) is 17.4 Å². The van der Waals surface area contributed by atoms with E-state index in [4.69, 9.17) is 19.3 Å². The van der Waals surface area contributed by atoms with Crippen molar-refractivity contribution in [2.75, 3.05) is 0 Å². The van der Waals surface area contributed by atoms with Crippen molar-refractivity contribution in [3.8, 4) is 23.4 Å². The summed E-state index contributed by atoms with van der Waals surface area (Å²) in [4.78, 5) is 8.09. The van der Waals surface area contributed by atoms with Gasteiger partial charge in [-0.2, -0.15) is 10.2 Å². The van der Waals surface area contributed by atoms with Crippen LogP contribution < -0.4 is 9.47 Å². The molecule has 2 heterocycles. The highest BCUT2D eigenvalue weighted by molar-refractivity contribution is 5.41. The fourth-order valence-corrected chi connectivity index (χ4v) is 1.82. The molecule has 0 spiro atoms. The van der Waals surface area contributed by atoms with Gasteiger partial charge in [0.1, 0.15) is 23.1 Å². The molecule has 0 aliphatic carbocycles. The van der Waals surface area contributed by atoms with Crippen LogP contribution >= 0.6 is 0 Å². The molecule has 1 aromatic carbocycles.